The van der Waals surface area contributed by atoms with E-state index in [0.29, 0.717) is 6.54 Å². The quantitative estimate of drug-likeness (QED) is 0.423. The SMILES string of the molecule is COc1ccc(C(CC(=O)NCCCN2c3ccccc3Sc3ccccc32)NC(C)=O)cc1. The second kappa shape index (κ2) is 11.1. The first-order chi connectivity index (χ1) is 16.5. The van der Waals surface area contributed by atoms with Gasteiger partial charge in [0.1, 0.15) is 5.75 Å². The summed E-state index contributed by atoms with van der Waals surface area (Å²) < 4.78 is 5.20. The Kier molecular flexibility index (Phi) is 7.75. The van der Waals surface area contributed by atoms with E-state index in [2.05, 4.69) is 64.1 Å². The first kappa shape index (κ1) is 23.7. The minimum atomic E-state index is -0.388. The van der Waals surface area contributed by atoms with E-state index < -0.39 is 0 Å². The molecule has 1 atom stereocenters. The summed E-state index contributed by atoms with van der Waals surface area (Å²) in [5, 5.41) is 5.90. The lowest BCUT2D eigenvalue weighted by atomic mass is 10.0. The van der Waals surface area contributed by atoms with Gasteiger partial charge < -0.3 is 20.3 Å². The lowest BCUT2D eigenvalue weighted by molar-refractivity contribution is -0.122. The number of hydrogen-bond donors (Lipinski definition) is 2. The zero-order chi connectivity index (χ0) is 23.9. The van der Waals surface area contributed by atoms with E-state index in [1.165, 1.54) is 28.1 Å². The number of amides is 2. The predicted octanol–water partition coefficient (Wildman–Crippen LogP) is 5.07. The lowest BCUT2D eigenvalue weighted by Gasteiger charge is -2.32. The lowest BCUT2D eigenvalue weighted by Crippen LogP contribution is -2.34. The molecule has 1 aliphatic rings. The molecular weight excluding hydrogens is 446 g/mol. The number of nitrogens with zero attached hydrogens (tertiary/aromatic N) is 1. The Labute approximate surface area is 204 Å². The molecule has 0 saturated heterocycles. The number of ether oxygens (including phenoxy) is 1. The summed E-state index contributed by atoms with van der Waals surface area (Å²) in [5.74, 6) is 0.465. The van der Waals surface area contributed by atoms with E-state index in [9.17, 15) is 9.59 Å². The van der Waals surface area contributed by atoms with E-state index in [1.807, 2.05) is 24.3 Å². The third kappa shape index (κ3) is 5.72. The van der Waals surface area contributed by atoms with Gasteiger partial charge in [-0.15, -0.1) is 0 Å². The van der Waals surface area contributed by atoms with Gasteiger partial charge in [0.05, 0.1) is 30.9 Å². The molecule has 0 saturated carbocycles. The van der Waals surface area contributed by atoms with Gasteiger partial charge in [0.25, 0.3) is 0 Å². The monoisotopic (exact) mass is 475 g/mol. The first-order valence-corrected chi connectivity index (χ1v) is 12.2. The van der Waals surface area contributed by atoms with Crippen molar-refractivity contribution in [2.24, 2.45) is 0 Å². The maximum absolute atomic E-state index is 12.7. The third-order valence-electron chi connectivity index (χ3n) is 5.70. The molecule has 0 aliphatic carbocycles. The maximum atomic E-state index is 12.7. The van der Waals surface area contributed by atoms with Gasteiger partial charge >= 0.3 is 0 Å². The van der Waals surface area contributed by atoms with Crippen molar-refractivity contribution in [1.29, 1.82) is 0 Å². The standard InChI is InChI=1S/C27H29N3O3S/c1-19(31)29-22(20-12-14-21(33-2)15-13-20)18-27(32)28-16-7-17-30-23-8-3-5-10-25(23)34-26-11-6-4-9-24(26)30/h3-6,8-15,22H,7,16-18H2,1-2H3,(H,28,32)(H,29,31). The molecule has 176 valence electrons. The zero-order valence-electron chi connectivity index (χ0n) is 19.4. The summed E-state index contributed by atoms with van der Waals surface area (Å²) in [6.07, 6.45) is 0.977. The Balaban J connectivity index is 1.34. The normalized spacial score (nSPS) is 12.8. The number of carbonyl (C=O) groups is 2. The van der Waals surface area contributed by atoms with Crippen LogP contribution in [0.3, 0.4) is 0 Å². The largest absolute Gasteiger partial charge is 0.497 e. The highest BCUT2D eigenvalue weighted by atomic mass is 32.2. The van der Waals surface area contributed by atoms with Gasteiger partial charge in [-0.3, -0.25) is 9.59 Å². The highest BCUT2D eigenvalue weighted by molar-refractivity contribution is 7.99. The van der Waals surface area contributed by atoms with Crippen LogP contribution < -0.4 is 20.3 Å². The van der Waals surface area contributed by atoms with Gasteiger partial charge in [-0.2, -0.15) is 0 Å². The van der Waals surface area contributed by atoms with Crippen molar-refractivity contribution in [2.45, 2.75) is 35.6 Å². The van der Waals surface area contributed by atoms with E-state index >= 15 is 0 Å². The van der Waals surface area contributed by atoms with Crippen molar-refractivity contribution in [3.8, 4) is 5.75 Å². The number of fused-ring (bicyclic) bond motifs is 2. The molecule has 34 heavy (non-hydrogen) atoms. The molecule has 2 amide bonds. The fraction of sp³-hybridized carbons (Fsp3) is 0.259. The van der Waals surface area contributed by atoms with E-state index in [4.69, 9.17) is 4.74 Å². The highest BCUT2D eigenvalue weighted by Crippen LogP contribution is 2.47. The molecule has 0 bridgehead atoms. The third-order valence-corrected chi connectivity index (χ3v) is 6.83. The fourth-order valence-electron chi connectivity index (χ4n) is 4.08. The number of anilines is 2. The number of nitrogens with one attached hydrogen (secondary N) is 2. The van der Waals surface area contributed by atoms with Gasteiger partial charge in [-0.05, 0) is 48.4 Å². The van der Waals surface area contributed by atoms with Gasteiger partial charge in [0.15, 0.2) is 0 Å². The predicted molar refractivity (Wildman–Crippen MR) is 136 cm³/mol. The average molecular weight is 476 g/mol. The molecule has 0 fully saturated rings. The molecule has 6 nitrogen and oxygen atoms in total. The van der Waals surface area contributed by atoms with Crippen LogP contribution in [0.5, 0.6) is 5.75 Å². The average Bonchev–Trinajstić information content (AvgIpc) is 2.85. The summed E-state index contributed by atoms with van der Waals surface area (Å²) in [6, 6.07) is 23.8. The number of hydrogen-bond acceptors (Lipinski definition) is 5. The van der Waals surface area contributed by atoms with Crippen molar-refractivity contribution < 1.29 is 14.3 Å². The van der Waals surface area contributed by atoms with Crippen molar-refractivity contribution in [2.75, 3.05) is 25.1 Å². The number of para-hydroxylation sites is 2. The van der Waals surface area contributed by atoms with Crippen LogP contribution in [-0.2, 0) is 9.59 Å². The Morgan fingerprint density at radius 1 is 0.941 bits per heavy atom. The maximum Gasteiger partial charge on any atom is 0.222 e. The molecule has 3 aromatic carbocycles. The minimum absolute atomic E-state index is 0.0930. The number of methoxy groups -OCH3 is 1. The van der Waals surface area contributed by atoms with Crippen molar-refractivity contribution >= 4 is 35.0 Å². The zero-order valence-corrected chi connectivity index (χ0v) is 20.2. The Morgan fingerprint density at radius 2 is 1.56 bits per heavy atom. The van der Waals surface area contributed by atoms with E-state index in [1.54, 1.807) is 18.9 Å². The van der Waals surface area contributed by atoms with E-state index in [0.717, 1.165) is 24.3 Å². The van der Waals surface area contributed by atoms with Crippen LogP contribution in [-0.4, -0.2) is 32.0 Å². The van der Waals surface area contributed by atoms with Crippen molar-refractivity contribution in [3.63, 3.8) is 0 Å². The Morgan fingerprint density at radius 3 is 2.15 bits per heavy atom. The molecule has 2 N–H and O–H groups in total. The summed E-state index contributed by atoms with van der Waals surface area (Å²) in [5.41, 5.74) is 3.26. The second-order valence-corrected chi connectivity index (χ2v) is 9.21. The van der Waals surface area contributed by atoms with Gasteiger partial charge in [0, 0.05) is 29.8 Å². The van der Waals surface area contributed by atoms with Gasteiger partial charge in [-0.25, -0.2) is 0 Å². The second-order valence-electron chi connectivity index (χ2n) is 8.12. The van der Waals surface area contributed by atoms with Crippen LogP contribution in [0.25, 0.3) is 0 Å². The number of carbonyl (C=O) groups excluding carboxylic acids is 2. The fourth-order valence-corrected chi connectivity index (χ4v) is 5.17. The van der Waals surface area contributed by atoms with Gasteiger partial charge in [0.2, 0.25) is 11.8 Å². The smallest absolute Gasteiger partial charge is 0.222 e. The minimum Gasteiger partial charge on any atom is -0.497 e. The van der Waals surface area contributed by atoms with Crippen LogP contribution in [0.4, 0.5) is 11.4 Å². The molecule has 1 aliphatic heterocycles. The molecule has 0 aromatic heterocycles. The van der Waals surface area contributed by atoms with E-state index in [-0.39, 0.29) is 24.3 Å². The van der Waals surface area contributed by atoms with Crippen LogP contribution in [0.1, 0.15) is 31.4 Å². The molecule has 4 rings (SSSR count). The van der Waals surface area contributed by atoms with Crippen LogP contribution in [0.15, 0.2) is 82.6 Å². The number of benzene rings is 3. The topological polar surface area (TPSA) is 70.7 Å². The summed E-state index contributed by atoms with van der Waals surface area (Å²) in [7, 11) is 1.60. The number of rotatable bonds is 9. The van der Waals surface area contributed by atoms with Crippen LogP contribution in [0.2, 0.25) is 0 Å². The van der Waals surface area contributed by atoms with Crippen molar-refractivity contribution in [1.82, 2.24) is 10.6 Å². The van der Waals surface area contributed by atoms with Crippen molar-refractivity contribution in [3.05, 3.63) is 78.4 Å². The summed E-state index contributed by atoms with van der Waals surface area (Å²) in [6.45, 7) is 2.81. The van der Waals surface area contributed by atoms with Gasteiger partial charge in [-0.1, -0.05) is 48.2 Å². The summed E-state index contributed by atoms with van der Waals surface area (Å²) in [4.78, 5) is 29.2. The molecule has 0 radical (unpaired) electrons. The Bertz CT molecular complexity index is 1100. The molecule has 7 heteroatoms. The molecule has 0 spiro atoms. The Hall–Kier alpha value is -3.45. The molecule has 1 unspecified atom stereocenters. The molecular formula is C27H29N3O3S. The molecule has 1 heterocycles. The first-order valence-electron chi connectivity index (χ1n) is 11.4. The summed E-state index contributed by atoms with van der Waals surface area (Å²) >= 11 is 1.79. The van der Waals surface area contributed by atoms with Crippen LogP contribution >= 0.6 is 11.8 Å². The molecule has 3 aromatic rings. The van der Waals surface area contributed by atoms with Crippen LogP contribution in [0, 0.1) is 0 Å². The highest BCUT2D eigenvalue weighted by Gasteiger charge is 2.22.